The van der Waals surface area contributed by atoms with Crippen LogP contribution in [0.5, 0.6) is 5.75 Å². The Bertz CT molecular complexity index is 755. The third kappa shape index (κ3) is 5.70. The molecule has 1 aromatic rings. The van der Waals surface area contributed by atoms with Crippen molar-refractivity contribution in [2.75, 3.05) is 37.7 Å². The maximum atomic E-state index is 12.7. The van der Waals surface area contributed by atoms with Crippen LogP contribution < -0.4 is 0 Å². The van der Waals surface area contributed by atoms with E-state index in [4.69, 9.17) is 0 Å². The number of benzene rings is 1. The van der Waals surface area contributed by atoms with Gasteiger partial charge in [-0.25, -0.2) is 8.42 Å². The number of amides is 1. The van der Waals surface area contributed by atoms with Crippen molar-refractivity contribution < 1.29 is 18.3 Å². The Morgan fingerprint density at radius 1 is 1.18 bits per heavy atom. The van der Waals surface area contributed by atoms with Crippen LogP contribution in [-0.4, -0.2) is 73.0 Å². The molecule has 156 valence electrons. The van der Waals surface area contributed by atoms with Crippen molar-refractivity contribution in [3.8, 4) is 5.75 Å². The van der Waals surface area contributed by atoms with E-state index >= 15 is 0 Å². The Hall–Kier alpha value is -1.60. The summed E-state index contributed by atoms with van der Waals surface area (Å²) in [6, 6.07) is 7.28. The fourth-order valence-corrected chi connectivity index (χ4v) is 6.14. The van der Waals surface area contributed by atoms with Gasteiger partial charge in [0.15, 0.2) is 9.84 Å². The summed E-state index contributed by atoms with van der Waals surface area (Å²) in [5.74, 6) is 1.35. The number of nitrogens with zero attached hydrogens (tertiary/aromatic N) is 2. The van der Waals surface area contributed by atoms with Gasteiger partial charge in [0.25, 0.3) is 0 Å². The van der Waals surface area contributed by atoms with Crippen LogP contribution in [0.25, 0.3) is 0 Å². The van der Waals surface area contributed by atoms with Gasteiger partial charge >= 0.3 is 0 Å². The lowest BCUT2D eigenvalue weighted by atomic mass is 9.90. The smallest absolute Gasteiger partial charge is 0.237 e. The van der Waals surface area contributed by atoms with Gasteiger partial charge in [-0.3, -0.25) is 9.69 Å². The Kier molecular flexibility index (Phi) is 6.99. The summed E-state index contributed by atoms with van der Waals surface area (Å²) in [5.41, 5.74) is 1.25. The molecule has 1 atom stereocenters. The number of piperidine rings is 1. The van der Waals surface area contributed by atoms with E-state index in [1.54, 1.807) is 17.0 Å². The highest BCUT2D eigenvalue weighted by molar-refractivity contribution is 7.91. The molecule has 28 heavy (non-hydrogen) atoms. The second-order valence-electron chi connectivity index (χ2n) is 8.16. The van der Waals surface area contributed by atoms with Gasteiger partial charge in [0.2, 0.25) is 5.91 Å². The van der Waals surface area contributed by atoms with Gasteiger partial charge in [-0.1, -0.05) is 12.1 Å². The van der Waals surface area contributed by atoms with Gasteiger partial charge in [0, 0.05) is 12.6 Å². The summed E-state index contributed by atoms with van der Waals surface area (Å²) in [6.45, 7) is 4.74. The number of sulfone groups is 1. The van der Waals surface area contributed by atoms with Crippen molar-refractivity contribution in [3.05, 3.63) is 29.8 Å². The molecule has 1 amide bonds. The Morgan fingerprint density at radius 2 is 1.86 bits per heavy atom. The lowest BCUT2D eigenvalue weighted by molar-refractivity contribution is -0.134. The lowest BCUT2D eigenvalue weighted by Crippen LogP contribution is -2.47. The summed E-state index contributed by atoms with van der Waals surface area (Å²) in [6.07, 6.45) is 4.91. The molecular formula is C21H32N2O4S. The number of carbonyl (C=O) groups is 1. The number of likely N-dealkylation sites (N-methyl/N-ethyl adjacent to an activating group) is 1. The van der Waals surface area contributed by atoms with Gasteiger partial charge in [-0.05, 0) is 75.7 Å². The molecule has 0 saturated carbocycles. The molecule has 0 radical (unpaired) electrons. The van der Waals surface area contributed by atoms with Crippen LogP contribution in [0.3, 0.4) is 0 Å². The van der Waals surface area contributed by atoms with Gasteiger partial charge in [-0.2, -0.15) is 0 Å². The quantitative estimate of drug-likeness (QED) is 0.747. The van der Waals surface area contributed by atoms with E-state index in [0.29, 0.717) is 31.2 Å². The highest BCUT2D eigenvalue weighted by atomic mass is 32.2. The van der Waals surface area contributed by atoms with E-state index in [-0.39, 0.29) is 23.5 Å². The Morgan fingerprint density at radius 3 is 2.43 bits per heavy atom. The van der Waals surface area contributed by atoms with Crippen molar-refractivity contribution in [2.45, 2.75) is 45.1 Å². The molecular weight excluding hydrogens is 376 g/mol. The third-order valence-electron chi connectivity index (χ3n) is 6.15. The topological polar surface area (TPSA) is 77.9 Å². The Balaban J connectivity index is 1.41. The zero-order valence-corrected chi connectivity index (χ0v) is 17.5. The van der Waals surface area contributed by atoms with E-state index < -0.39 is 9.84 Å². The van der Waals surface area contributed by atoms with Crippen LogP contribution in [-0.2, 0) is 21.1 Å². The number of aryl methyl sites for hydroxylation is 1. The number of phenolic OH excluding ortho intramolecular Hbond substituents is 1. The number of hydrogen-bond acceptors (Lipinski definition) is 5. The van der Waals surface area contributed by atoms with Crippen LogP contribution in [0.1, 0.15) is 38.2 Å². The fraction of sp³-hybridized carbons (Fsp3) is 0.667. The summed E-state index contributed by atoms with van der Waals surface area (Å²) < 4.78 is 23.5. The number of likely N-dealkylation sites (tertiary alicyclic amines) is 1. The van der Waals surface area contributed by atoms with E-state index in [1.165, 1.54) is 5.56 Å². The first-order chi connectivity index (χ1) is 13.4. The minimum absolute atomic E-state index is 0.0622. The SMILES string of the molecule is CCN(C(=O)CN1CCC(CCc2ccc(O)cc2)CC1)C1CCS(=O)(=O)C1. The van der Waals surface area contributed by atoms with Gasteiger partial charge in [0.05, 0.1) is 18.1 Å². The summed E-state index contributed by atoms with van der Waals surface area (Å²) in [5, 5.41) is 9.36. The van der Waals surface area contributed by atoms with E-state index in [0.717, 1.165) is 38.8 Å². The Labute approximate surface area is 168 Å². The standard InChI is InChI=1S/C21H32N2O4S/c1-2-23(19-11-14-28(26,27)16-19)21(25)15-22-12-9-18(10-13-22)4-3-17-5-7-20(24)8-6-17/h5-8,18-19,24H,2-4,9-16H2,1H3. The molecule has 0 spiro atoms. The highest BCUT2D eigenvalue weighted by Crippen LogP contribution is 2.24. The summed E-state index contributed by atoms with van der Waals surface area (Å²) >= 11 is 0. The van der Waals surface area contributed by atoms with Crippen molar-refractivity contribution in [1.82, 2.24) is 9.80 Å². The van der Waals surface area contributed by atoms with Crippen LogP contribution in [0.2, 0.25) is 0 Å². The minimum Gasteiger partial charge on any atom is -0.508 e. The molecule has 0 aliphatic carbocycles. The van der Waals surface area contributed by atoms with Crippen LogP contribution >= 0.6 is 0 Å². The van der Waals surface area contributed by atoms with E-state index in [2.05, 4.69) is 4.90 Å². The molecule has 2 aliphatic heterocycles. The molecule has 7 heteroatoms. The highest BCUT2D eigenvalue weighted by Gasteiger charge is 2.34. The molecule has 0 aromatic heterocycles. The molecule has 0 bridgehead atoms. The number of aromatic hydroxyl groups is 1. The van der Waals surface area contributed by atoms with E-state index in [1.807, 2.05) is 19.1 Å². The molecule has 1 aromatic carbocycles. The molecule has 2 fully saturated rings. The van der Waals surface area contributed by atoms with Gasteiger partial charge < -0.3 is 10.0 Å². The zero-order chi connectivity index (χ0) is 20.1. The normalized spacial score (nSPS) is 23.0. The van der Waals surface area contributed by atoms with Crippen LogP contribution in [0.4, 0.5) is 0 Å². The van der Waals surface area contributed by atoms with Crippen LogP contribution in [0.15, 0.2) is 24.3 Å². The maximum Gasteiger partial charge on any atom is 0.237 e. The molecule has 2 saturated heterocycles. The molecule has 6 nitrogen and oxygen atoms in total. The molecule has 2 aliphatic rings. The maximum absolute atomic E-state index is 12.7. The number of hydrogen-bond donors (Lipinski definition) is 1. The first-order valence-corrected chi connectivity index (χ1v) is 12.2. The number of phenols is 1. The zero-order valence-electron chi connectivity index (χ0n) is 16.7. The first kappa shape index (κ1) is 21.1. The van der Waals surface area contributed by atoms with Gasteiger partial charge in [0.1, 0.15) is 5.75 Å². The lowest BCUT2D eigenvalue weighted by Gasteiger charge is -2.34. The second kappa shape index (κ2) is 9.27. The molecule has 2 heterocycles. The minimum atomic E-state index is -2.98. The second-order valence-corrected chi connectivity index (χ2v) is 10.4. The predicted octanol–water partition coefficient (Wildman–Crippen LogP) is 2.07. The number of rotatable bonds is 7. The van der Waals surface area contributed by atoms with Crippen molar-refractivity contribution in [3.63, 3.8) is 0 Å². The first-order valence-electron chi connectivity index (χ1n) is 10.4. The average Bonchev–Trinajstić information content (AvgIpc) is 3.02. The summed E-state index contributed by atoms with van der Waals surface area (Å²) in [7, 11) is -2.98. The fourth-order valence-electron chi connectivity index (χ4n) is 4.41. The van der Waals surface area contributed by atoms with Crippen molar-refractivity contribution in [1.29, 1.82) is 0 Å². The monoisotopic (exact) mass is 408 g/mol. The van der Waals surface area contributed by atoms with Gasteiger partial charge in [-0.15, -0.1) is 0 Å². The largest absolute Gasteiger partial charge is 0.508 e. The molecule has 1 unspecified atom stereocenters. The third-order valence-corrected chi connectivity index (χ3v) is 7.90. The van der Waals surface area contributed by atoms with Crippen molar-refractivity contribution >= 4 is 15.7 Å². The van der Waals surface area contributed by atoms with Crippen LogP contribution in [0, 0.1) is 5.92 Å². The molecule has 3 rings (SSSR count). The molecule has 1 N–H and O–H groups in total. The predicted molar refractivity (Wildman–Crippen MR) is 110 cm³/mol. The number of carbonyl (C=O) groups excluding carboxylic acids is 1. The van der Waals surface area contributed by atoms with E-state index in [9.17, 15) is 18.3 Å². The van der Waals surface area contributed by atoms with Crippen molar-refractivity contribution in [2.24, 2.45) is 5.92 Å². The summed E-state index contributed by atoms with van der Waals surface area (Å²) in [4.78, 5) is 16.7. The average molecular weight is 409 g/mol.